The minimum absolute atomic E-state index is 0. The van der Waals surface area contributed by atoms with E-state index in [0.717, 1.165) is 144 Å². The maximum atomic E-state index is 14.7. The summed E-state index contributed by atoms with van der Waals surface area (Å²) in [7, 11) is 4.05. The Morgan fingerprint density at radius 2 is 1.14 bits per heavy atom. The molecule has 1 unspecified atom stereocenters. The van der Waals surface area contributed by atoms with E-state index in [-0.39, 0.29) is 117 Å². The number of aromatic nitrogens is 4. The van der Waals surface area contributed by atoms with Crippen molar-refractivity contribution in [2.75, 3.05) is 158 Å². The Labute approximate surface area is 614 Å². The molecule has 98 heavy (non-hydrogen) atoms. The zero-order valence-corrected chi connectivity index (χ0v) is 61.0. The molecule has 0 radical (unpaired) electrons. The normalized spacial score (nSPS) is 21.8. The summed E-state index contributed by atoms with van der Waals surface area (Å²) >= 11 is 13.4. The van der Waals surface area contributed by atoms with Gasteiger partial charge in [-0.25, -0.2) is 17.5 Å². The van der Waals surface area contributed by atoms with Crippen LogP contribution in [0.4, 0.5) is 27.4 Å². The van der Waals surface area contributed by atoms with Crippen molar-refractivity contribution in [3.8, 4) is 12.0 Å². The lowest BCUT2D eigenvalue weighted by Crippen LogP contribution is -2.56. The van der Waals surface area contributed by atoms with Gasteiger partial charge in [-0.15, -0.1) is 0 Å². The van der Waals surface area contributed by atoms with Gasteiger partial charge in [0.05, 0.1) is 47.7 Å². The molecule has 0 spiro atoms. The van der Waals surface area contributed by atoms with Gasteiger partial charge in [-0.3, -0.25) is 19.4 Å². The van der Waals surface area contributed by atoms with E-state index < -0.39 is 5.67 Å². The van der Waals surface area contributed by atoms with Gasteiger partial charge >= 0.3 is 12.0 Å². The Morgan fingerprint density at radius 1 is 0.653 bits per heavy atom. The number of likely N-dealkylation sites (tertiary alicyclic amines) is 2. The predicted molar refractivity (Wildman–Crippen MR) is 412 cm³/mol. The third-order valence-corrected chi connectivity index (χ3v) is 20.0. The third kappa shape index (κ3) is 18.0. The van der Waals surface area contributed by atoms with Crippen LogP contribution in [0.25, 0.3) is 31.2 Å². The molecule has 5 atom stereocenters. The maximum absolute atomic E-state index is 14.7. The Bertz CT molecular complexity index is 3850. The monoisotopic (exact) mass is 1450 g/mol. The second-order valence-electron chi connectivity index (χ2n) is 25.6. The maximum Gasteiger partial charge on any atom is 0.318 e. The second-order valence-corrected chi connectivity index (χ2v) is 26.4. The van der Waals surface area contributed by atoms with Gasteiger partial charge in [0.1, 0.15) is 42.6 Å². The average molecular weight is 1460 g/mol. The molecule has 0 saturated carbocycles. The molecular weight excluding hydrogens is 1360 g/mol. The molecule has 5 fully saturated rings. The van der Waals surface area contributed by atoms with E-state index in [2.05, 4.69) is 95.2 Å². The standard InChI is InChI=1S/C37H45ClN8O3.C33H37ClFN7O2.CH4.4H2S/c1-39-23-29-24-45(17-18-46(29)34(47)12-6-15-43-19-21-48-22-20-43)36-30-13-16-44(33-11-4-8-27-7-3-10-31(38)35(27)33)25-32(30)40-37(41-36)49-26-28-9-5-14-42(28)2;1-5-29(43)42-15-14-41(18-24(42)17-36-3)31-25-12-13-40(28-11-7-9-22-8-6-10-26(34)30(22)28)19-27(25)37-32(38-31)44-20-23-16-33(2,35)21-39(23)4;;;;;/h3-4,6-8,10-12,28-29H,5,9,13-26H2,2H3;5-11,23-24H,1,12-21H2,2,4H3;1H4;4*1H2/b12-6+;;;;;;/t28-,29-;23-,24-,33?;;;;;/m00...../s1. The SMILES string of the molecule is C.S.S.S.S.[C-]#[N+]C[C@H]1CN(c2nc(OC[C@@H]3CC(C)(F)CN3C)nc3c2CCN(c2cccc4cccc(Cl)c24)C3)CCN1C(=O)C=C.[C-]#[N+]C[C@H]1CN(c2nc(OC[C@@H]3CCCN3C)nc3c2CCN(c2cccc4cccc(Cl)c24)C3)CCN1C(=O)/C=C/CN1CCOCC1. The number of amides is 2. The number of carbonyl (C=O) groups excluding carboxylic acids is 2. The van der Waals surface area contributed by atoms with Crippen LogP contribution < -0.4 is 29.1 Å². The molecule has 20 nitrogen and oxygen atoms in total. The minimum atomic E-state index is -1.26. The fourth-order valence-electron chi connectivity index (χ4n) is 14.5. The summed E-state index contributed by atoms with van der Waals surface area (Å²) in [6.07, 6.45) is 9.03. The first-order valence-electron chi connectivity index (χ1n) is 32.5. The van der Waals surface area contributed by atoms with E-state index in [0.29, 0.717) is 95.4 Å². The predicted octanol–water partition coefficient (Wildman–Crippen LogP) is 10.0. The number of fused-ring (bicyclic) bond motifs is 4. The molecule has 6 aromatic rings. The molecule has 13 rings (SSSR count). The van der Waals surface area contributed by atoms with E-state index >= 15 is 0 Å². The fraction of sp³-hybridized carbons (Fsp3) is 0.493. The first-order valence-corrected chi connectivity index (χ1v) is 33.3. The van der Waals surface area contributed by atoms with Gasteiger partial charge in [-0.2, -0.15) is 73.9 Å². The van der Waals surface area contributed by atoms with Crippen LogP contribution in [-0.4, -0.2) is 225 Å². The number of morpholine rings is 1. The highest BCUT2D eigenvalue weighted by molar-refractivity contribution is 7.59. The first kappa shape index (κ1) is 78.8. The van der Waals surface area contributed by atoms with E-state index in [9.17, 15) is 14.0 Å². The number of rotatable bonds is 16. The number of halogens is 3. The highest BCUT2D eigenvalue weighted by Gasteiger charge is 2.41. The van der Waals surface area contributed by atoms with Gasteiger partial charge in [-0.1, -0.05) is 91.8 Å². The molecule has 7 aliphatic rings. The lowest BCUT2D eigenvalue weighted by atomic mass is 10.0. The summed E-state index contributed by atoms with van der Waals surface area (Å²) in [4.78, 5) is 72.4. The summed E-state index contributed by atoms with van der Waals surface area (Å²) in [5.41, 5.74) is 4.84. The molecule has 528 valence electrons. The van der Waals surface area contributed by atoms with Crippen LogP contribution in [0.2, 0.25) is 10.0 Å². The zero-order valence-electron chi connectivity index (χ0n) is 55.4. The van der Waals surface area contributed by atoms with Crippen molar-refractivity contribution in [3.63, 3.8) is 0 Å². The van der Waals surface area contributed by atoms with Crippen molar-refractivity contribution < 1.29 is 28.2 Å². The number of benzene rings is 4. The average Bonchev–Trinajstić information content (AvgIpc) is 1.36. The topological polar surface area (TPSA) is 151 Å². The van der Waals surface area contributed by atoms with Crippen molar-refractivity contribution in [1.82, 2.24) is 44.4 Å². The van der Waals surface area contributed by atoms with Crippen LogP contribution >= 0.6 is 77.2 Å². The largest absolute Gasteiger partial charge is 0.462 e. The van der Waals surface area contributed by atoms with E-state index in [1.165, 1.54) is 6.08 Å². The molecule has 0 bridgehead atoms. The van der Waals surface area contributed by atoms with Crippen LogP contribution in [0.5, 0.6) is 12.0 Å². The Balaban J connectivity index is 0.000000264. The number of carbonyl (C=O) groups is 2. The molecule has 9 heterocycles. The molecule has 2 aromatic heterocycles. The van der Waals surface area contributed by atoms with Gasteiger partial charge in [0, 0.05) is 136 Å². The highest BCUT2D eigenvalue weighted by atomic mass is 35.5. The molecule has 0 aliphatic carbocycles. The smallest absolute Gasteiger partial charge is 0.318 e. The van der Waals surface area contributed by atoms with Crippen molar-refractivity contribution >= 4 is 134 Å². The molecular formula is C71H94Cl2FN15O5S4. The summed E-state index contributed by atoms with van der Waals surface area (Å²) in [6.45, 7) is 32.9. The van der Waals surface area contributed by atoms with Gasteiger partial charge in [0.25, 0.3) is 0 Å². The van der Waals surface area contributed by atoms with Crippen molar-refractivity contribution in [2.45, 2.75) is 89.4 Å². The third-order valence-electron chi connectivity index (χ3n) is 19.4. The molecule has 5 saturated heterocycles. The number of alkyl halides is 1. The number of likely N-dealkylation sites (N-methyl/N-ethyl adjacent to an activating group) is 2. The van der Waals surface area contributed by atoms with E-state index in [1.807, 2.05) is 53.3 Å². The Kier molecular flexibility index (Phi) is 28.7. The molecule has 7 aliphatic heterocycles. The Morgan fingerprint density at radius 3 is 1.60 bits per heavy atom. The van der Waals surface area contributed by atoms with Crippen LogP contribution in [0.15, 0.2) is 97.6 Å². The van der Waals surface area contributed by atoms with Crippen LogP contribution in [0.3, 0.4) is 0 Å². The molecule has 0 N–H and O–H groups in total. The fourth-order valence-corrected chi connectivity index (χ4v) is 15.1. The van der Waals surface area contributed by atoms with Crippen molar-refractivity contribution in [3.05, 3.63) is 153 Å². The van der Waals surface area contributed by atoms with Gasteiger partial charge in [0.15, 0.2) is 0 Å². The first-order chi connectivity index (χ1) is 45.1. The van der Waals surface area contributed by atoms with Crippen LogP contribution in [0, 0.1) is 13.1 Å². The quantitative estimate of drug-likeness (QED) is 0.0667. The number of anilines is 4. The summed E-state index contributed by atoms with van der Waals surface area (Å²) in [6, 6.07) is 24.8. The second kappa shape index (κ2) is 35.7. The van der Waals surface area contributed by atoms with Crippen molar-refractivity contribution in [1.29, 1.82) is 0 Å². The zero-order chi connectivity index (χ0) is 64.8. The number of hydrogen-bond acceptors (Lipinski definition) is 16. The number of piperazine rings is 2. The number of nitrogens with zero attached hydrogens (tertiary/aromatic N) is 15. The Hall–Kier alpha value is -6.49. The molecule has 2 amide bonds. The minimum Gasteiger partial charge on any atom is -0.462 e. The summed E-state index contributed by atoms with van der Waals surface area (Å²) in [5.74, 6) is 1.43. The lowest BCUT2D eigenvalue weighted by molar-refractivity contribution is -0.129. The van der Waals surface area contributed by atoms with Gasteiger partial charge < -0.3 is 58.2 Å². The molecule has 4 aromatic carbocycles. The highest BCUT2D eigenvalue weighted by Crippen LogP contribution is 2.40. The summed E-state index contributed by atoms with van der Waals surface area (Å²) < 4.78 is 32.7. The van der Waals surface area contributed by atoms with Crippen molar-refractivity contribution in [2.24, 2.45) is 0 Å². The van der Waals surface area contributed by atoms with Crippen LogP contribution in [0.1, 0.15) is 56.1 Å². The van der Waals surface area contributed by atoms with Gasteiger partial charge in [0.2, 0.25) is 24.9 Å². The number of ether oxygens (including phenoxy) is 3. The van der Waals surface area contributed by atoms with Gasteiger partial charge in [-0.05, 0) is 94.4 Å². The van der Waals surface area contributed by atoms with E-state index in [1.54, 1.807) is 17.9 Å². The molecule has 27 heteroatoms. The van der Waals surface area contributed by atoms with E-state index in [4.69, 9.17) is 70.5 Å². The summed E-state index contributed by atoms with van der Waals surface area (Å²) in [5, 5.41) is 5.68. The number of hydrogen-bond donors (Lipinski definition) is 0. The van der Waals surface area contributed by atoms with Crippen LogP contribution in [-0.2, 0) is 40.3 Å². The lowest BCUT2D eigenvalue weighted by Gasteiger charge is -2.41.